The summed E-state index contributed by atoms with van der Waals surface area (Å²) in [6.45, 7) is 0. The third-order valence-electron chi connectivity index (χ3n) is 1.26. The van der Waals surface area contributed by atoms with Crippen LogP contribution >= 0.6 is 0 Å². The molecule has 2 heterocycles. The topological polar surface area (TPSA) is 88.9 Å². The van der Waals surface area contributed by atoms with Gasteiger partial charge in [0.2, 0.25) is 0 Å². The van der Waals surface area contributed by atoms with Crippen LogP contribution in [0.1, 0.15) is 10.5 Å². The smallest absolute Gasteiger partial charge is 0.356 e. The number of rotatable bonds is 1. The highest BCUT2D eigenvalue weighted by Gasteiger charge is 2.00. The predicted octanol–water partition coefficient (Wildman–Crippen LogP) is 0.651. The molecule has 0 unspecified atom stereocenters. The number of nitrogens with zero attached hydrogens (tertiary/aromatic N) is 4. The predicted molar refractivity (Wildman–Crippen MR) is 51.0 cm³/mol. The van der Waals surface area contributed by atoms with E-state index >= 15 is 0 Å². The number of aromatic carboxylic acids is 1. The summed E-state index contributed by atoms with van der Waals surface area (Å²) in [5.74, 6) is -1.05. The van der Waals surface area contributed by atoms with E-state index in [4.69, 9.17) is 5.11 Å². The van der Waals surface area contributed by atoms with Crippen LogP contribution in [0.2, 0.25) is 0 Å². The lowest BCUT2D eigenvalue weighted by Crippen LogP contribution is -1.99. The van der Waals surface area contributed by atoms with Crippen molar-refractivity contribution in [2.75, 3.05) is 0 Å². The van der Waals surface area contributed by atoms with E-state index in [1.807, 2.05) is 0 Å². The second-order valence-corrected chi connectivity index (χ2v) is 2.29. The Morgan fingerprint density at radius 3 is 1.73 bits per heavy atom. The molecule has 0 aliphatic rings. The van der Waals surface area contributed by atoms with Crippen molar-refractivity contribution in [1.82, 2.24) is 19.9 Å². The molecule has 0 amide bonds. The zero-order valence-corrected chi connectivity index (χ0v) is 7.69. The fourth-order valence-corrected chi connectivity index (χ4v) is 0.663. The molecule has 0 aliphatic carbocycles. The van der Waals surface area contributed by atoms with Gasteiger partial charge in [0.15, 0.2) is 5.69 Å². The van der Waals surface area contributed by atoms with Gasteiger partial charge < -0.3 is 5.11 Å². The van der Waals surface area contributed by atoms with Crippen molar-refractivity contribution < 1.29 is 9.90 Å². The van der Waals surface area contributed by atoms with Crippen molar-refractivity contribution in [3.63, 3.8) is 0 Å². The van der Waals surface area contributed by atoms with E-state index in [9.17, 15) is 4.79 Å². The van der Waals surface area contributed by atoms with E-state index in [1.54, 1.807) is 24.8 Å². The van der Waals surface area contributed by atoms with Crippen molar-refractivity contribution in [3.8, 4) is 0 Å². The SMILES string of the molecule is O=C(O)c1cnccn1.c1cnccn1. The van der Waals surface area contributed by atoms with Gasteiger partial charge in [0.25, 0.3) is 0 Å². The van der Waals surface area contributed by atoms with Gasteiger partial charge in [-0.2, -0.15) is 0 Å². The lowest BCUT2D eigenvalue weighted by Gasteiger charge is -1.86. The first kappa shape index (κ1) is 10.7. The van der Waals surface area contributed by atoms with E-state index in [2.05, 4.69) is 19.9 Å². The van der Waals surface area contributed by atoms with E-state index in [0.29, 0.717) is 0 Å². The van der Waals surface area contributed by atoms with Crippen molar-refractivity contribution in [2.24, 2.45) is 0 Å². The Kier molecular flexibility index (Phi) is 4.38. The molecule has 0 fully saturated rings. The number of carboxylic acids is 1. The molecular weight excluding hydrogens is 196 g/mol. The molecule has 0 spiro atoms. The van der Waals surface area contributed by atoms with Gasteiger partial charge in [0.05, 0.1) is 6.20 Å². The van der Waals surface area contributed by atoms with Gasteiger partial charge in [0.1, 0.15) is 0 Å². The Bertz CT molecular complexity index is 367. The second-order valence-electron chi connectivity index (χ2n) is 2.29. The van der Waals surface area contributed by atoms with E-state index < -0.39 is 5.97 Å². The molecule has 0 bridgehead atoms. The Labute approximate surface area is 85.7 Å². The minimum absolute atomic E-state index is 0.0301. The summed E-state index contributed by atoms with van der Waals surface area (Å²) in [6, 6.07) is 0. The van der Waals surface area contributed by atoms with Gasteiger partial charge in [-0.25, -0.2) is 9.78 Å². The standard InChI is InChI=1S/C5H4N2O2.C4H4N2/c8-5(9)4-3-6-1-2-7-4;1-2-6-4-3-5-1/h1-3H,(H,8,9);1-4H. The molecule has 1 N–H and O–H groups in total. The van der Waals surface area contributed by atoms with Crippen LogP contribution in [0.3, 0.4) is 0 Å². The van der Waals surface area contributed by atoms with Crippen LogP contribution in [0.5, 0.6) is 0 Å². The largest absolute Gasteiger partial charge is 0.476 e. The fraction of sp³-hybridized carbons (Fsp3) is 0. The highest BCUT2D eigenvalue weighted by molar-refractivity contribution is 5.84. The molecule has 6 nitrogen and oxygen atoms in total. The van der Waals surface area contributed by atoms with Gasteiger partial charge in [-0.05, 0) is 0 Å². The molecule has 0 aromatic carbocycles. The third kappa shape index (κ3) is 4.41. The Hall–Kier alpha value is -2.37. The van der Waals surface area contributed by atoms with Crippen molar-refractivity contribution in [3.05, 3.63) is 49.1 Å². The maximum Gasteiger partial charge on any atom is 0.356 e. The van der Waals surface area contributed by atoms with E-state index in [0.717, 1.165) is 0 Å². The molecule has 0 radical (unpaired) electrons. The lowest BCUT2D eigenvalue weighted by molar-refractivity contribution is 0.0690. The van der Waals surface area contributed by atoms with Crippen LogP contribution < -0.4 is 0 Å². The summed E-state index contributed by atoms with van der Waals surface area (Å²) in [5.41, 5.74) is -0.0301. The zero-order chi connectivity index (χ0) is 10.9. The van der Waals surface area contributed by atoms with E-state index in [-0.39, 0.29) is 5.69 Å². The number of hydrogen-bond donors (Lipinski definition) is 1. The molecule has 15 heavy (non-hydrogen) atoms. The quantitative estimate of drug-likeness (QED) is 0.733. The molecule has 2 rings (SSSR count). The van der Waals surface area contributed by atoms with Crippen LogP contribution in [0.4, 0.5) is 0 Å². The number of hydrogen-bond acceptors (Lipinski definition) is 5. The average Bonchev–Trinajstić information content (AvgIpc) is 2.33. The first-order valence-corrected chi connectivity index (χ1v) is 4.00. The van der Waals surface area contributed by atoms with Gasteiger partial charge in [-0.15, -0.1) is 0 Å². The molecule has 6 heteroatoms. The molecule has 2 aromatic heterocycles. The van der Waals surface area contributed by atoms with Crippen LogP contribution in [0.15, 0.2) is 43.4 Å². The van der Waals surface area contributed by atoms with Crippen LogP contribution in [0, 0.1) is 0 Å². The summed E-state index contributed by atoms with van der Waals surface area (Å²) in [6.07, 6.45) is 10.5. The molecule has 76 valence electrons. The molecule has 0 atom stereocenters. The van der Waals surface area contributed by atoms with Gasteiger partial charge in [-0.3, -0.25) is 15.0 Å². The van der Waals surface area contributed by atoms with Crippen molar-refractivity contribution in [1.29, 1.82) is 0 Å². The summed E-state index contributed by atoms with van der Waals surface area (Å²) in [7, 11) is 0. The maximum atomic E-state index is 10.1. The van der Waals surface area contributed by atoms with Gasteiger partial charge in [0, 0.05) is 37.2 Å². The number of carbonyl (C=O) groups is 1. The summed E-state index contributed by atoms with van der Waals surface area (Å²) in [5, 5.41) is 8.28. The first-order valence-electron chi connectivity index (χ1n) is 4.00. The molecular formula is C9H8N4O2. The van der Waals surface area contributed by atoms with Crippen LogP contribution in [0.25, 0.3) is 0 Å². The summed E-state index contributed by atoms with van der Waals surface area (Å²) >= 11 is 0. The lowest BCUT2D eigenvalue weighted by atomic mass is 10.5. The Morgan fingerprint density at radius 2 is 1.47 bits per heavy atom. The highest BCUT2D eigenvalue weighted by atomic mass is 16.4. The molecule has 2 aromatic rings. The van der Waals surface area contributed by atoms with Crippen LogP contribution in [-0.4, -0.2) is 31.0 Å². The van der Waals surface area contributed by atoms with Crippen molar-refractivity contribution >= 4 is 5.97 Å². The second kappa shape index (κ2) is 6.14. The fourth-order valence-electron chi connectivity index (χ4n) is 0.663. The Balaban J connectivity index is 0.000000162. The first-order chi connectivity index (χ1) is 7.30. The minimum Gasteiger partial charge on any atom is -0.476 e. The average molecular weight is 204 g/mol. The summed E-state index contributed by atoms with van der Waals surface area (Å²) < 4.78 is 0. The molecule has 0 saturated heterocycles. The van der Waals surface area contributed by atoms with Crippen molar-refractivity contribution in [2.45, 2.75) is 0 Å². The summed E-state index contributed by atoms with van der Waals surface area (Å²) in [4.78, 5) is 24.6. The minimum atomic E-state index is -1.05. The van der Waals surface area contributed by atoms with E-state index in [1.165, 1.54) is 18.6 Å². The third-order valence-corrected chi connectivity index (χ3v) is 1.26. The number of aromatic nitrogens is 4. The molecule has 0 saturated carbocycles. The maximum absolute atomic E-state index is 10.1. The monoisotopic (exact) mass is 204 g/mol. The number of carboxylic acid groups (broad SMARTS) is 1. The Morgan fingerprint density at radius 1 is 0.933 bits per heavy atom. The molecule has 0 aliphatic heterocycles. The van der Waals surface area contributed by atoms with Gasteiger partial charge in [-0.1, -0.05) is 0 Å². The van der Waals surface area contributed by atoms with Crippen LogP contribution in [-0.2, 0) is 0 Å². The van der Waals surface area contributed by atoms with Gasteiger partial charge >= 0.3 is 5.97 Å². The highest BCUT2D eigenvalue weighted by Crippen LogP contribution is 1.86. The normalized spacial score (nSPS) is 8.53. The zero-order valence-electron chi connectivity index (χ0n) is 7.69.